The third-order valence-electron chi connectivity index (χ3n) is 4.60. The molecule has 1 aliphatic carbocycles. The first-order chi connectivity index (χ1) is 9.78. The molecular formula is C16H22F2N2O. The highest BCUT2D eigenvalue weighted by atomic mass is 19.1. The molecule has 0 heterocycles. The molecule has 1 fully saturated rings. The lowest BCUT2D eigenvalue weighted by Gasteiger charge is -2.33. The largest absolute Gasteiger partial charge is 0.349 e. The molecule has 3 nitrogen and oxygen atoms in total. The van der Waals surface area contributed by atoms with Gasteiger partial charge in [-0.3, -0.25) is 4.79 Å². The van der Waals surface area contributed by atoms with Crippen molar-refractivity contribution in [3.8, 4) is 0 Å². The highest BCUT2D eigenvalue weighted by Crippen LogP contribution is 2.48. The van der Waals surface area contributed by atoms with E-state index in [2.05, 4.69) is 5.32 Å². The number of carbonyl (C=O) groups is 1. The average molecular weight is 296 g/mol. The van der Waals surface area contributed by atoms with Gasteiger partial charge in [-0.25, -0.2) is 8.78 Å². The molecule has 1 saturated carbocycles. The maximum Gasteiger partial charge on any atom is 0.224 e. The van der Waals surface area contributed by atoms with Gasteiger partial charge in [0, 0.05) is 18.5 Å². The van der Waals surface area contributed by atoms with E-state index in [1.165, 1.54) is 12.1 Å². The summed E-state index contributed by atoms with van der Waals surface area (Å²) in [6, 6.07) is 3.51. The van der Waals surface area contributed by atoms with E-state index >= 15 is 0 Å². The number of amides is 1. The van der Waals surface area contributed by atoms with Gasteiger partial charge in [0.25, 0.3) is 0 Å². The molecule has 0 radical (unpaired) electrons. The van der Waals surface area contributed by atoms with Crippen molar-refractivity contribution >= 4 is 5.91 Å². The lowest BCUT2D eigenvalue weighted by atomic mass is 9.88. The molecule has 1 aliphatic rings. The molecule has 0 bridgehead atoms. The smallest absolute Gasteiger partial charge is 0.224 e. The summed E-state index contributed by atoms with van der Waals surface area (Å²) in [4.78, 5) is 12.3. The van der Waals surface area contributed by atoms with Crippen molar-refractivity contribution in [1.82, 2.24) is 5.32 Å². The maximum atomic E-state index is 13.7. The van der Waals surface area contributed by atoms with Crippen LogP contribution >= 0.6 is 0 Å². The number of hydrogen-bond donors (Lipinski definition) is 2. The van der Waals surface area contributed by atoms with Crippen molar-refractivity contribution in [2.75, 3.05) is 6.54 Å². The molecule has 1 aromatic carbocycles. The second kappa shape index (κ2) is 5.72. The van der Waals surface area contributed by atoms with Crippen LogP contribution in [0.1, 0.15) is 38.7 Å². The third kappa shape index (κ3) is 3.23. The van der Waals surface area contributed by atoms with E-state index in [0.717, 1.165) is 6.07 Å². The fraction of sp³-hybridized carbons (Fsp3) is 0.562. The Balaban J connectivity index is 2.04. The molecule has 1 amide bonds. The number of hydrogen-bond acceptors (Lipinski definition) is 2. The summed E-state index contributed by atoms with van der Waals surface area (Å²) in [7, 11) is 0. The zero-order valence-corrected chi connectivity index (χ0v) is 12.6. The third-order valence-corrected chi connectivity index (χ3v) is 4.60. The minimum absolute atomic E-state index is 0.106. The molecule has 3 atom stereocenters. The summed E-state index contributed by atoms with van der Waals surface area (Å²) < 4.78 is 26.6. The number of rotatable bonds is 5. The highest BCUT2D eigenvalue weighted by Gasteiger charge is 2.46. The number of halogens is 2. The zero-order valence-electron chi connectivity index (χ0n) is 12.6. The van der Waals surface area contributed by atoms with Gasteiger partial charge in [0.1, 0.15) is 11.6 Å². The molecule has 3 N–H and O–H groups in total. The number of nitrogens with one attached hydrogen (secondary N) is 1. The van der Waals surface area contributed by atoms with E-state index in [9.17, 15) is 13.6 Å². The predicted octanol–water partition coefficient (Wildman–Crippen LogP) is 2.56. The van der Waals surface area contributed by atoms with E-state index in [-0.39, 0.29) is 23.7 Å². The summed E-state index contributed by atoms with van der Waals surface area (Å²) in [6.45, 7) is 6.25. The quantitative estimate of drug-likeness (QED) is 0.877. The topological polar surface area (TPSA) is 55.1 Å². The maximum absolute atomic E-state index is 13.7. The van der Waals surface area contributed by atoms with Gasteiger partial charge < -0.3 is 11.1 Å². The van der Waals surface area contributed by atoms with Crippen molar-refractivity contribution < 1.29 is 13.6 Å². The van der Waals surface area contributed by atoms with Crippen LogP contribution in [0.25, 0.3) is 0 Å². The van der Waals surface area contributed by atoms with Crippen molar-refractivity contribution in [2.45, 2.75) is 38.6 Å². The van der Waals surface area contributed by atoms with Crippen molar-refractivity contribution in [3.05, 3.63) is 35.4 Å². The van der Waals surface area contributed by atoms with Gasteiger partial charge in [-0.05, 0) is 36.8 Å². The van der Waals surface area contributed by atoms with Crippen LogP contribution in [0.15, 0.2) is 18.2 Å². The molecule has 1 aromatic rings. The van der Waals surface area contributed by atoms with Crippen LogP contribution in [0.2, 0.25) is 0 Å². The molecule has 0 spiro atoms. The highest BCUT2D eigenvalue weighted by molar-refractivity contribution is 5.83. The molecule has 2 rings (SSSR count). The molecule has 0 saturated heterocycles. The fourth-order valence-corrected chi connectivity index (χ4v) is 2.44. The van der Waals surface area contributed by atoms with Gasteiger partial charge >= 0.3 is 0 Å². The number of benzene rings is 1. The van der Waals surface area contributed by atoms with Crippen molar-refractivity contribution in [1.29, 1.82) is 0 Å². The van der Waals surface area contributed by atoms with Gasteiger partial charge in [0.2, 0.25) is 5.91 Å². The van der Waals surface area contributed by atoms with E-state index in [1.54, 1.807) is 0 Å². The summed E-state index contributed by atoms with van der Waals surface area (Å²) in [5, 5.41) is 2.97. The Kier molecular flexibility index (Phi) is 4.33. The Labute approximate surface area is 123 Å². The van der Waals surface area contributed by atoms with Crippen LogP contribution in [0, 0.1) is 23.5 Å². The zero-order chi connectivity index (χ0) is 15.8. The lowest BCUT2D eigenvalue weighted by molar-refractivity contribution is -0.124. The second-order valence-electron chi connectivity index (χ2n) is 6.38. The second-order valence-corrected chi connectivity index (χ2v) is 6.38. The first kappa shape index (κ1) is 15.9. The van der Waals surface area contributed by atoms with Gasteiger partial charge in [-0.2, -0.15) is 0 Å². The van der Waals surface area contributed by atoms with E-state index < -0.39 is 17.2 Å². The minimum atomic E-state index is -0.603. The summed E-state index contributed by atoms with van der Waals surface area (Å²) in [6.07, 6.45) is 0.590. The SMILES string of the molecule is CC(C)C(C)(CN)NC(=O)C1CC1c1ccc(F)cc1F. The van der Waals surface area contributed by atoms with Gasteiger partial charge in [-0.1, -0.05) is 19.9 Å². The summed E-state index contributed by atoms with van der Waals surface area (Å²) >= 11 is 0. The standard InChI is InChI=1S/C16H22F2N2O/c1-9(2)16(3,8-19)20-15(21)13-7-12(13)11-5-4-10(17)6-14(11)18/h4-6,9,12-13H,7-8,19H2,1-3H3,(H,20,21). The van der Waals surface area contributed by atoms with Crippen molar-refractivity contribution in [2.24, 2.45) is 17.6 Å². The Hall–Kier alpha value is -1.49. The van der Waals surface area contributed by atoms with Crippen LogP contribution in [0.4, 0.5) is 8.78 Å². The van der Waals surface area contributed by atoms with Crippen LogP contribution in [-0.4, -0.2) is 18.0 Å². The lowest BCUT2D eigenvalue weighted by Crippen LogP contribution is -2.55. The number of carbonyl (C=O) groups excluding carboxylic acids is 1. The summed E-state index contributed by atoms with van der Waals surface area (Å²) in [5.41, 5.74) is 5.69. The average Bonchev–Trinajstić information content (AvgIpc) is 3.18. The van der Waals surface area contributed by atoms with Crippen molar-refractivity contribution in [3.63, 3.8) is 0 Å². The molecule has 116 valence electrons. The van der Waals surface area contributed by atoms with E-state index in [1.807, 2.05) is 20.8 Å². The number of nitrogens with two attached hydrogens (primary N) is 1. The predicted molar refractivity (Wildman–Crippen MR) is 77.6 cm³/mol. The molecule has 5 heteroatoms. The summed E-state index contributed by atoms with van der Waals surface area (Å²) in [5.74, 6) is -1.51. The Morgan fingerprint density at radius 1 is 1.48 bits per heavy atom. The van der Waals surface area contributed by atoms with E-state index in [0.29, 0.717) is 18.5 Å². The van der Waals surface area contributed by atoms with Crippen LogP contribution in [0.5, 0.6) is 0 Å². The first-order valence-electron chi connectivity index (χ1n) is 7.25. The van der Waals surface area contributed by atoms with Gasteiger partial charge in [0.15, 0.2) is 0 Å². The molecule has 3 unspecified atom stereocenters. The Bertz CT molecular complexity index is 547. The minimum Gasteiger partial charge on any atom is -0.349 e. The van der Waals surface area contributed by atoms with E-state index in [4.69, 9.17) is 5.73 Å². The van der Waals surface area contributed by atoms with Gasteiger partial charge in [0.05, 0.1) is 5.54 Å². The fourth-order valence-electron chi connectivity index (χ4n) is 2.44. The Morgan fingerprint density at radius 2 is 2.14 bits per heavy atom. The molecule has 0 aliphatic heterocycles. The molecule has 21 heavy (non-hydrogen) atoms. The van der Waals surface area contributed by atoms with Crippen LogP contribution in [0.3, 0.4) is 0 Å². The molecule has 0 aromatic heterocycles. The van der Waals surface area contributed by atoms with Crippen LogP contribution < -0.4 is 11.1 Å². The normalized spacial score (nSPS) is 23.8. The monoisotopic (exact) mass is 296 g/mol. The molecular weight excluding hydrogens is 274 g/mol. The Morgan fingerprint density at radius 3 is 2.67 bits per heavy atom. The van der Waals surface area contributed by atoms with Crippen LogP contribution in [-0.2, 0) is 4.79 Å². The van der Waals surface area contributed by atoms with Gasteiger partial charge in [-0.15, -0.1) is 0 Å². The first-order valence-corrected chi connectivity index (χ1v) is 7.25.